The van der Waals surface area contributed by atoms with Crippen molar-refractivity contribution in [1.29, 1.82) is 0 Å². The van der Waals surface area contributed by atoms with Gasteiger partial charge in [0, 0.05) is 81.6 Å². The number of amides is 2. The number of piperazine rings is 1. The van der Waals surface area contributed by atoms with Crippen LogP contribution in [0.15, 0.2) is 39.8 Å². The third-order valence-electron chi connectivity index (χ3n) is 9.34. The monoisotopic (exact) mass is 720 g/mol. The van der Waals surface area contributed by atoms with Crippen molar-refractivity contribution in [3.05, 3.63) is 68.4 Å². The quantitative estimate of drug-likeness (QED) is 0.164. The summed E-state index contributed by atoms with van der Waals surface area (Å²) in [6.07, 6.45) is 3.16. The summed E-state index contributed by atoms with van der Waals surface area (Å²) >= 11 is 6.27. The first-order valence-electron chi connectivity index (χ1n) is 16.0. The van der Waals surface area contributed by atoms with Gasteiger partial charge in [-0.2, -0.15) is 8.78 Å². The molecule has 2 amide bonds. The molecule has 14 nitrogen and oxygen atoms in total. The van der Waals surface area contributed by atoms with Gasteiger partial charge in [0.25, 0.3) is 11.5 Å². The predicted octanol–water partition coefficient (Wildman–Crippen LogP) is 0.808. The number of phenols is 1. The lowest BCUT2D eigenvalue weighted by atomic mass is 10.0. The molecule has 2 atom stereocenters. The van der Waals surface area contributed by atoms with Crippen molar-refractivity contribution in [1.82, 2.24) is 34.6 Å². The van der Waals surface area contributed by atoms with Crippen LogP contribution in [0.4, 0.5) is 13.2 Å². The number of primary amides is 1. The topological polar surface area (TPSA) is 191 Å². The number of nitrogens with one attached hydrogen (secondary N) is 2. The molecule has 50 heavy (non-hydrogen) atoms. The molecule has 0 bridgehead atoms. The number of aliphatic hydroxyl groups excluding tert-OH is 2. The van der Waals surface area contributed by atoms with Crippen molar-refractivity contribution in [2.75, 3.05) is 39.4 Å². The number of aromatic nitrogens is 3. The minimum Gasteiger partial charge on any atom is -0.504 e. The average molecular weight is 721 g/mol. The van der Waals surface area contributed by atoms with Crippen molar-refractivity contribution in [2.24, 2.45) is 11.7 Å². The zero-order chi connectivity index (χ0) is 36.0. The Morgan fingerprint density at radius 1 is 1.16 bits per heavy atom. The van der Waals surface area contributed by atoms with Crippen molar-refractivity contribution < 1.29 is 38.1 Å². The van der Waals surface area contributed by atoms with Gasteiger partial charge in [0.05, 0.1) is 16.6 Å². The number of benzene rings is 1. The van der Waals surface area contributed by atoms with E-state index in [2.05, 4.69) is 20.5 Å². The van der Waals surface area contributed by atoms with E-state index in [9.17, 15) is 34.1 Å². The van der Waals surface area contributed by atoms with Crippen molar-refractivity contribution in [3.63, 3.8) is 0 Å². The van der Waals surface area contributed by atoms with E-state index >= 15 is 8.78 Å². The van der Waals surface area contributed by atoms with Crippen LogP contribution < -0.4 is 21.9 Å². The van der Waals surface area contributed by atoms with Gasteiger partial charge in [-0.3, -0.25) is 23.9 Å². The first-order chi connectivity index (χ1) is 23.8. The number of fused-ring (bicyclic) bond motifs is 2. The molecule has 1 aromatic carbocycles. The summed E-state index contributed by atoms with van der Waals surface area (Å²) in [4.78, 5) is 47.7. The zero-order valence-electron chi connectivity index (χ0n) is 26.9. The molecule has 7 N–H and O–H groups in total. The van der Waals surface area contributed by atoms with Crippen LogP contribution in [0.3, 0.4) is 0 Å². The summed E-state index contributed by atoms with van der Waals surface area (Å²) < 4.78 is 47.9. The zero-order valence-corrected chi connectivity index (χ0v) is 27.7. The van der Waals surface area contributed by atoms with Crippen molar-refractivity contribution in [2.45, 2.75) is 45.1 Å². The van der Waals surface area contributed by atoms with Gasteiger partial charge in [-0.1, -0.05) is 11.6 Å². The fourth-order valence-electron chi connectivity index (χ4n) is 6.82. The Labute approximate surface area is 288 Å². The van der Waals surface area contributed by atoms with E-state index in [0.717, 1.165) is 6.07 Å². The number of halogens is 4. The van der Waals surface area contributed by atoms with E-state index in [1.54, 1.807) is 6.08 Å². The Morgan fingerprint density at radius 3 is 2.58 bits per heavy atom. The average Bonchev–Trinajstić information content (AvgIpc) is 3.70. The Hall–Kier alpha value is -4.42. The highest BCUT2D eigenvalue weighted by Gasteiger charge is 2.34. The fourth-order valence-corrected chi connectivity index (χ4v) is 6.99. The molecule has 1 saturated heterocycles. The van der Waals surface area contributed by atoms with Gasteiger partial charge in [-0.25, -0.2) is 9.37 Å². The molecule has 1 unspecified atom stereocenters. The minimum absolute atomic E-state index is 0.0110. The molecular weight excluding hydrogens is 685 g/mol. The van der Waals surface area contributed by atoms with Crippen LogP contribution in [0.25, 0.3) is 22.2 Å². The number of allylic oxidation sites excluding steroid dienone is 1. The molecule has 0 saturated carbocycles. The number of dihydropyridines is 1. The lowest BCUT2D eigenvalue weighted by molar-refractivity contribution is -0.120. The normalized spacial score (nSPS) is 20.0. The van der Waals surface area contributed by atoms with Gasteiger partial charge in [0.2, 0.25) is 17.7 Å². The third kappa shape index (κ3) is 6.46. The van der Waals surface area contributed by atoms with Crippen LogP contribution in [0.2, 0.25) is 0 Å². The molecule has 18 heteroatoms. The van der Waals surface area contributed by atoms with E-state index < -0.39 is 64.5 Å². The van der Waals surface area contributed by atoms with Crippen LogP contribution in [0, 0.1) is 17.6 Å². The van der Waals surface area contributed by atoms with E-state index in [1.807, 2.05) is 11.8 Å². The number of nitrogens with two attached hydrogens (primary N) is 1. The molecule has 1 fully saturated rings. The van der Waals surface area contributed by atoms with Gasteiger partial charge < -0.3 is 41.2 Å². The maximum absolute atomic E-state index is 15.3. The Balaban J connectivity index is 1.30. The molecule has 3 aliphatic heterocycles. The van der Waals surface area contributed by atoms with Gasteiger partial charge in [0.15, 0.2) is 11.6 Å². The molecular formula is C32H36ClF3N8O6. The smallest absolute Gasteiger partial charge is 0.263 e. The summed E-state index contributed by atoms with van der Waals surface area (Å²) in [5, 5.41) is 33.7. The number of carbonyl (C=O) groups is 2. The van der Waals surface area contributed by atoms with Crippen LogP contribution in [0.5, 0.6) is 5.75 Å². The number of aryl methyl sites for hydroxylation is 1. The first-order valence-corrected chi connectivity index (χ1v) is 16.4. The van der Waals surface area contributed by atoms with Crippen molar-refractivity contribution >= 4 is 34.4 Å². The van der Waals surface area contributed by atoms with Gasteiger partial charge >= 0.3 is 0 Å². The minimum atomic E-state index is -1.74. The second-order valence-corrected chi connectivity index (χ2v) is 13.1. The number of nitrogens with zero attached hydrogens (tertiary/aromatic N) is 5. The van der Waals surface area contributed by atoms with Gasteiger partial charge in [0.1, 0.15) is 29.2 Å². The Kier molecular flexibility index (Phi) is 9.96. The number of hydrogen-bond acceptors (Lipinski definition) is 10. The standard InChI is InChI=1S/C32H36ClF3N8O6/c1-15-9-41(10-16(13-45)14-46)5-6-43(15)22-8-20(25(33)29(36)39-22)38-23(47)12-42-11-19(17-7-18(30(37)49)28(48)27(35)26(17)34)24-31(42)40-21-3-2-4-44(21)32(24)50/h7-8,11,15-16,22,39,45-46,48H,2-6,9-10,12-14H2,1H3,(H2,37,49)(H,38,47)/t15-,22?/m0/s1. The van der Waals surface area contributed by atoms with Crippen molar-refractivity contribution in [3.8, 4) is 16.9 Å². The lowest BCUT2D eigenvalue weighted by Gasteiger charge is -2.44. The highest BCUT2D eigenvalue weighted by atomic mass is 35.5. The first kappa shape index (κ1) is 35.4. The summed E-state index contributed by atoms with van der Waals surface area (Å²) in [5.41, 5.74) is 3.23. The van der Waals surface area contributed by atoms with Crippen LogP contribution >= 0.6 is 11.6 Å². The van der Waals surface area contributed by atoms with E-state index in [4.69, 9.17) is 17.3 Å². The highest BCUT2D eigenvalue weighted by molar-refractivity contribution is 6.32. The predicted molar refractivity (Wildman–Crippen MR) is 175 cm³/mol. The number of carbonyl (C=O) groups excluding carboxylic acids is 2. The molecule has 0 aliphatic carbocycles. The van der Waals surface area contributed by atoms with E-state index in [-0.39, 0.29) is 52.5 Å². The van der Waals surface area contributed by atoms with E-state index in [0.29, 0.717) is 51.4 Å². The SMILES string of the molecule is C[C@H]1CN(CC(CO)CO)CCN1C1C=C(NC(=O)Cn2cc(-c3cc(C(N)=O)c(O)c(F)c3F)c3c(=O)n4c(nc32)CCC4)C(Cl)=C(F)N1. The molecule has 5 heterocycles. The second kappa shape index (κ2) is 14.1. The van der Waals surface area contributed by atoms with Gasteiger partial charge in [-0.15, -0.1) is 0 Å². The highest BCUT2D eigenvalue weighted by Crippen LogP contribution is 2.36. The maximum atomic E-state index is 15.3. The molecule has 2 aromatic heterocycles. The molecule has 3 aliphatic rings. The number of rotatable bonds is 10. The fraction of sp³-hybridized carbons (Fsp3) is 0.438. The summed E-state index contributed by atoms with van der Waals surface area (Å²) in [7, 11) is 0. The van der Waals surface area contributed by atoms with Gasteiger partial charge in [-0.05, 0) is 25.5 Å². The largest absolute Gasteiger partial charge is 0.504 e. The number of aliphatic hydroxyl groups is 2. The van der Waals surface area contributed by atoms with Crippen LogP contribution in [0.1, 0.15) is 29.5 Å². The third-order valence-corrected chi connectivity index (χ3v) is 9.71. The molecule has 268 valence electrons. The molecule has 0 spiro atoms. The Morgan fingerprint density at radius 2 is 1.90 bits per heavy atom. The molecule has 0 radical (unpaired) electrons. The number of aromatic hydroxyl groups is 1. The van der Waals surface area contributed by atoms with Crippen LogP contribution in [-0.4, -0.2) is 103 Å². The van der Waals surface area contributed by atoms with E-state index in [1.165, 1.54) is 15.3 Å². The summed E-state index contributed by atoms with van der Waals surface area (Å²) in [5.74, 6) is -7.22. The number of hydrogen-bond donors (Lipinski definition) is 6. The second-order valence-electron chi connectivity index (χ2n) is 12.7. The Bertz CT molecular complexity index is 1990. The van der Waals surface area contributed by atoms with Crippen LogP contribution in [-0.2, 0) is 24.3 Å². The molecule has 3 aromatic rings. The summed E-state index contributed by atoms with van der Waals surface area (Å²) in [6.45, 7) is 3.64. The summed E-state index contributed by atoms with van der Waals surface area (Å²) in [6, 6.07) is 0.743. The molecule has 6 rings (SSSR count). The lowest BCUT2D eigenvalue weighted by Crippen LogP contribution is -2.59. The maximum Gasteiger partial charge on any atom is 0.263 e.